The maximum absolute atomic E-state index is 11.5. The van der Waals surface area contributed by atoms with Gasteiger partial charge in [-0.3, -0.25) is 10.6 Å². The first-order chi connectivity index (χ1) is 11.6. The first-order valence-corrected chi connectivity index (χ1v) is 7.19. The van der Waals surface area contributed by atoms with Crippen LogP contribution in [-0.4, -0.2) is 26.4 Å². The molecule has 0 unspecified atom stereocenters. The average Bonchev–Trinajstić information content (AvgIpc) is 2.61. The molecular weight excluding hydrogens is 308 g/mol. The molecule has 2 amide bonds. The molecule has 24 heavy (non-hydrogen) atoms. The van der Waals surface area contributed by atoms with Crippen LogP contribution in [0.1, 0.15) is 11.1 Å². The van der Waals surface area contributed by atoms with E-state index < -0.39 is 12.2 Å². The van der Waals surface area contributed by atoms with E-state index in [9.17, 15) is 9.59 Å². The molecule has 2 N–H and O–H groups in total. The predicted molar refractivity (Wildman–Crippen MR) is 93.9 cm³/mol. The monoisotopic (exact) mass is 326 g/mol. The van der Waals surface area contributed by atoms with E-state index in [0.29, 0.717) is 11.4 Å². The van der Waals surface area contributed by atoms with Gasteiger partial charge in [-0.15, -0.1) is 0 Å². The van der Waals surface area contributed by atoms with Gasteiger partial charge in [-0.2, -0.15) is 0 Å². The third-order valence-electron chi connectivity index (χ3n) is 3.16. The van der Waals surface area contributed by atoms with Crippen LogP contribution in [0.5, 0.6) is 0 Å². The molecule has 124 valence electrons. The molecule has 0 aromatic heterocycles. The number of hydrogen-bond acceptors (Lipinski definition) is 4. The fourth-order valence-corrected chi connectivity index (χ4v) is 1.97. The lowest BCUT2D eigenvalue weighted by Crippen LogP contribution is -2.14. The lowest BCUT2D eigenvalue weighted by atomic mass is 10.1. The maximum atomic E-state index is 11.5. The number of carbonyl (C=O) groups excluding carboxylic acids is 2. The fraction of sp³-hybridized carbons (Fsp3) is 0.111. The molecule has 0 radical (unpaired) electrons. The van der Waals surface area contributed by atoms with Crippen molar-refractivity contribution in [3.8, 4) is 0 Å². The second kappa shape index (κ2) is 8.38. The molecule has 0 aliphatic heterocycles. The number of amides is 2. The van der Waals surface area contributed by atoms with E-state index in [1.54, 1.807) is 18.2 Å². The molecule has 0 heterocycles. The number of ether oxygens (including phenoxy) is 2. The highest BCUT2D eigenvalue weighted by Crippen LogP contribution is 2.24. The molecule has 0 atom stereocenters. The first kappa shape index (κ1) is 17.1. The van der Waals surface area contributed by atoms with Gasteiger partial charge in [-0.1, -0.05) is 48.6 Å². The summed E-state index contributed by atoms with van der Waals surface area (Å²) in [5.41, 5.74) is 2.78. The van der Waals surface area contributed by atoms with Crippen LogP contribution < -0.4 is 10.6 Å². The van der Waals surface area contributed by atoms with Crippen LogP contribution in [0.25, 0.3) is 12.2 Å². The number of benzene rings is 2. The molecule has 2 aromatic rings. The van der Waals surface area contributed by atoms with Gasteiger partial charge in [-0.25, -0.2) is 9.59 Å². The minimum Gasteiger partial charge on any atom is -0.453 e. The second-order valence-corrected chi connectivity index (χ2v) is 4.78. The summed E-state index contributed by atoms with van der Waals surface area (Å²) in [5, 5.41) is 5.17. The molecule has 0 bridgehead atoms. The van der Waals surface area contributed by atoms with Crippen molar-refractivity contribution in [3.63, 3.8) is 0 Å². The maximum Gasteiger partial charge on any atom is 0.411 e. The van der Waals surface area contributed by atoms with Crippen molar-refractivity contribution in [1.29, 1.82) is 0 Å². The first-order valence-electron chi connectivity index (χ1n) is 7.19. The van der Waals surface area contributed by atoms with Gasteiger partial charge in [-0.05, 0) is 23.3 Å². The predicted octanol–water partition coefficient (Wildman–Crippen LogP) is 4.21. The van der Waals surface area contributed by atoms with Gasteiger partial charge in [0.25, 0.3) is 0 Å². The Bertz CT molecular complexity index is 742. The van der Waals surface area contributed by atoms with Crippen molar-refractivity contribution in [2.45, 2.75) is 0 Å². The molecule has 0 fully saturated rings. The van der Waals surface area contributed by atoms with Crippen LogP contribution in [0.3, 0.4) is 0 Å². The number of anilines is 2. The lowest BCUT2D eigenvalue weighted by molar-refractivity contribution is 0.186. The Hall–Kier alpha value is -3.28. The van der Waals surface area contributed by atoms with E-state index in [0.717, 1.165) is 11.1 Å². The number of carbonyl (C=O) groups is 2. The Kier molecular flexibility index (Phi) is 5.96. The number of methoxy groups -OCH3 is 2. The van der Waals surface area contributed by atoms with Crippen LogP contribution in [0.4, 0.5) is 21.0 Å². The number of rotatable bonds is 4. The summed E-state index contributed by atoms with van der Waals surface area (Å²) in [6.45, 7) is 0. The van der Waals surface area contributed by atoms with Gasteiger partial charge in [0.2, 0.25) is 0 Å². The van der Waals surface area contributed by atoms with Gasteiger partial charge >= 0.3 is 12.2 Å². The Labute approximate surface area is 140 Å². The van der Waals surface area contributed by atoms with E-state index in [1.807, 2.05) is 42.5 Å². The third kappa shape index (κ3) is 4.88. The van der Waals surface area contributed by atoms with Crippen molar-refractivity contribution >= 4 is 35.7 Å². The average molecular weight is 326 g/mol. The Morgan fingerprint density at radius 2 is 1.54 bits per heavy atom. The molecule has 2 aromatic carbocycles. The number of nitrogens with one attached hydrogen (secondary N) is 2. The summed E-state index contributed by atoms with van der Waals surface area (Å²) < 4.78 is 9.18. The zero-order valence-electron chi connectivity index (χ0n) is 13.4. The van der Waals surface area contributed by atoms with E-state index >= 15 is 0 Å². The fourth-order valence-electron chi connectivity index (χ4n) is 1.97. The highest BCUT2D eigenvalue weighted by molar-refractivity contribution is 5.92. The van der Waals surface area contributed by atoms with E-state index in [-0.39, 0.29) is 0 Å². The summed E-state index contributed by atoms with van der Waals surface area (Å²) in [7, 11) is 2.56. The molecule has 2 rings (SSSR count). The molecule has 0 saturated carbocycles. The summed E-state index contributed by atoms with van der Waals surface area (Å²) in [4.78, 5) is 22.8. The summed E-state index contributed by atoms with van der Waals surface area (Å²) in [5.74, 6) is 0. The Morgan fingerprint density at radius 1 is 0.875 bits per heavy atom. The summed E-state index contributed by atoms with van der Waals surface area (Å²) in [6.07, 6.45) is 2.60. The van der Waals surface area contributed by atoms with Crippen LogP contribution in [0, 0.1) is 0 Å². The van der Waals surface area contributed by atoms with E-state index in [1.165, 1.54) is 14.2 Å². The van der Waals surface area contributed by atoms with Gasteiger partial charge in [0.15, 0.2) is 0 Å². The molecule has 0 aliphatic rings. The standard InChI is InChI=1S/C18H18N2O4/c1-23-17(21)19-15-11-10-14(16(12-15)20-18(22)24-2)9-8-13-6-4-3-5-7-13/h3-12H,1-2H3,(H,19,21)(H,20,22). The topological polar surface area (TPSA) is 76.7 Å². The van der Waals surface area contributed by atoms with Gasteiger partial charge in [0.1, 0.15) is 0 Å². The van der Waals surface area contributed by atoms with Crippen molar-refractivity contribution in [3.05, 3.63) is 59.7 Å². The zero-order chi connectivity index (χ0) is 17.4. The third-order valence-corrected chi connectivity index (χ3v) is 3.16. The van der Waals surface area contributed by atoms with Crippen LogP contribution in [0.2, 0.25) is 0 Å². The SMILES string of the molecule is COC(=O)Nc1ccc(C=Cc2ccccc2)c(NC(=O)OC)c1. The normalized spacial score (nSPS) is 10.2. The van der Waals surface area contributed by atoms with Crippen LogP contribution >= 0.6 is 0 Å². The van der Waals surface area contributed by atoms with Crippen molar-refractivity contribution in [2.75, 3.05) is 24.9 Å². The lowest BCUT2D eigenvalue weighted by Gasteiger charge is -2.11. The largest absolute Gasteiger partial charge is 0.453 e. The van der Waals surface area contributed by atoms with Crippen molar-refractivity contribution < 1.29 is 19.1 Å². The quantitative estimate of drug-likeness (QED) is 0.825. The van der Waals surface area contributed by atoms with E-state index in [2.05, 4.69) is 20.1 Å². The molecular formula is C18H18N2O4. The highest BCUT2D eigenvalue weighted by atomic mass is 16.5. The summed E-state index contributed by atoms with van der Waals surface area (Å²) in [6, 6.07) is 14.9. The molecule has 0 saturated heterocycles. The highest BCUT2D eigenvalue weighted by Gasteiger charge is 2.08. The smallest absolute Gasteiger partial charge is 0.411 e. The van der Waals surface area contributed by atoms with Crippen LogP contribution in [0.15, 0.2) is 48.5 Å². The van der Waals surface area contributed by atoms with Crippen LogP contribution in [-0.2, 0) is 9.47 Å². The molecule has 0 spiro atoms. The zero-order valence-corrected chi connectivity index (χ0v) is 13.4. The second-order valence-electron chi connectivity index (χ2n) is 4.78. The molecule has 6 heteroatoms. The van der Waals surface area contributed by atoms with Gasteiger partial charge in [0, 0.05) is 5.69 Å². The van der Waals surface area contributed by atoms with Crippen molar-refractivity contribution in [1.82, 2.24) is 0 Å². The molecule has 0 aliphatic carbocycles. The molecule has 6 nitrogen and oxygen atoms in total. The minimum atomic E-state index is -0.598. The summed E-state index contributed by atoms with van der Waals surface area (Å²) >= 11 is 0. The van der Waals surface area contributed by atoms with Gasteiger partial charge in [0.05, 0.1) is 19.9 Å². The number of hydrogen-bond donors (Lipinski definition) is 2. The minimum absolute atomic E-state index is 0.491. The Balaban J connectivity index is 2.29. The van der Waals surface area contributed by atoms with E-state index in [4.69, 9.17) is 0 Å². The van der Waals surface area contributed by atoms with Crippen molar-refractivity contribution in [2.24, 2.45) is 0 Å². The van der Waals surface area contributed by atoms with Gasteiger partial charge < -0.3 is 9.47 Å². The Morgan fingerprint density at radius 3 is 2.21 bits per heavy atom.